The number of amides is 2. The maximum Gasteiger partial charge on any atom is 0.318 e. The van der Waals surface area contributed by atoms with Crippen LogP contribution in [0.3, 0.4) is 0 Å². The highest BCUT2D eigenvalue weighted by Crippen LogP contribution is 2.36. The molecule has 6 heteroatoms. The highest BCUT2D eigenvalue weighted by atomic mass is 32.1. The first-order valence-electron chi connectivity index (χ1n) is 10.8. The standard InChI is InChI=1S/C22H34N2O3S/c1-3-27-20(25)16-22(13-7-5-8-14-22)23-21(26)24-15-9-4-6-10-18(24)19-12-11-17(2)28-19/h11-12,18H,3-10,13-16H2,1-2H3,(H,23,26). The Morgan fingerprint density at radius 2 is 1.93 bits per heavy atom. The molecule has 2 fully saturated rings. The number of hydrogen-bond acceptors (Lipinski definition) is 4. The van der Waals surface area contributed by atoms with Crippen LogP contribution < -0.4 is 5.32 Å². The van der Waals surface area contributed by atoms with Crippen LogP contribution in [0.4, 0.5) is 4.79 Å². The number of carbonyl (C=O) groups excluding carboxylic acids is 2. The van der Waals surface area contributed by atoms with Crippen LogP contribution >= 0.6 is 11.3 Å². The van der Waals surface area contributed by atoms with Gasteiger partial charge in [-0.3, -0.25) is 4.79 Å². The third kappa shape index (κ3) is 5.28. The predicted molar refractivity (Wildman–Crippen MR) is 113 cm³/mol. The Labute approximate surface area is 172 Å². The molecule has 2 aliphatic rings. The van der Waals surface area contributed by atoms with Crippen LogP contribution in [0.5, 0.6) is 0 Å². The molecule has 1 aliphatic carbocycles. The third-order valence-corrected chi connectivity index (χ3v) is 7.18. The molecule has 0 bridgehead atoms. The van der Waals surface area contributed by atoms with Crippen molar-refractivity contribution in [2.45, 2.75) is 89.6 Å². The van der Waals surface area contributed by atoms with E-state index < -0.39 is 5.54 Å². The van der Waals surface area contributed by atoms with E-state index in [-0.39, 0.29) is 24.5 Å². The lowest BCUT2D eigenvalue weighted by molar-refractivity contribution is -0.145. The molecule has 0 aromatic carbocycles. The molecule has 2 heterocycles. The average molecular weight is 407 g/mol. The summed E-state index contributed by atoms with van der Waals surface area (Å²) in [4.78, 5) is 30.2. The van der Waals surface area contributed by atoms with E-state index in [9.17, 15) is 9.59 Å². The number of rotatable bonds is 5. The van der Waals surface area contributed by atoms with Crippen molar-refractivity contribution in [3.05, 3.63) is 21.9 Å². The Hall–Kier alpha value is -1.56. The Morgan fingerprint density at radius 3 is 2.61 bits per heavy atom. The first kappa shape index (κ1) is 21.2. The summed E-state index contributed by atoms with van der Waals surface area (Å²) in [5.74, 6) is -0.203. The van der Waals surface area contributed by atoms with E-state index in [4.69, 9.17) is 4.74 Å². The summed E-state index contributed by atoms with van der Waals surface area (Å²) in [7, 11) is 0. The van der Waals surface area contributed by atoms with Gasteiger partial charge in [-0.25, -0.2) is 4.79 Å². The fourth-order valence-corrected chi connectivity index (χ4v) is 5.67. The number of carbonyl (C=O) groups is 2. The van der Waals surface area contributed by atoms with Gasteiger partial charge in [-0.05, 0) is 51.7 Å². The van der Waals surface area contributed by atoms with E-state index in [1.807, 2.05) is 11.8 Å². The molecule has 156 valence electrons. The fraction of sp³-hybridized carbons (Fsp3) is 0.727. The van der Waals surface area contributed by atoms with Crippen LogP contribution in [0.25, 0.3) is 0 Å². The predicted octanol–water partition coefficient (Wildman–Crippen LogP) is 5.34. The molecule has 1 N–H and O–H groups in total. The van der Waals surface area contributed by atoms with Crippen LogP contribution in [-0.4, -0.2) is 35.6 Å². The Balaban J connectivity index is 1.77. The van der Waals surface area contributed by atoms with Crippen LogP contribution in [0, 0.1) is 6.92 Å². The smallest absolute Gasteiger partial charge is 0.318 e. The second kappa shape index (κ2) is 9.77. The number of likely N-dealkylation sites (tertiary alicyclic amines) is 1. The van der Waals surface area contributed by atoms with Crippen LogP contribution in [0.1, 0.15) is 86.9 Å². The van der Waals surface area contributed by atoms with Crippen molar-refractivity contribution in [3.8, 4) is 0 Å². The Kier molecular flexibility index (Phi) is 7.38. The van der Waals surface area contributed by atoms with E-state index in [2.05, 4.69) is 24.4 Å². The molecule has 1 unspecified atom stereocenters. The number of aryl methyl sites for hydroxylation is 1. The monoisotopic (exact) mass is 406 g/mol. The molecule has 1 atom stereocenters. The minimum atomic E-state index is -0.455. The maximum absolute atomic E-state index is 13.4. The topological polar surface area (TPSA) is 58.6 Å². The summed E-state index contributed by atoms with van der Waals surface area (Å²) in [5.41, 5.74) is -0.455. The fourth-order valence-electron chi connectivity index (χ4n) is 4.64. The Bertz CT molecular complexity index is 666. The van der Waals surface area contributed by atoms with Gasteiger partial charge in [0.1, 0.15) is 0 Å². The van der Waals surface area contributed by atoms with Crippen molar-refractivity contribution in [1.82, 2.24) is 10.2 Å². The summed E-state index contributed by atoms with van der Waals surface area (Å²) >= 11 is 1.79. The van der Waals surface area contributed by atoms with E-state index in [1.165, 1.54) is 22.6 Å². The molecule has 0 radical (unpaired) electrons. The quantitative estimate of drug-likeness (QED) is 0.672. The van der Waals surface area contributed by atoms with Gasteiger partial charge in [0, 0.05) is 16.3 Å². The molecule has 28 heavy (non-hydrogen) atoms. The summed E-state index contributed by atoms with van der Waals surface area (Å²) in [6.07, 6.45) is 9.63. The van der Waals surface area contributed by atoms with Crippen molar-refractivity contribution < 1.29 is 14.3 Å². The maximum atomic E-state index is 13.4. The second-order valence-electron chi connectivity index (χ2n) is 8.26. The SMILES string of the molecule is CCOC(=O)CC1(NC(=O)N2CCCCCC2c2ccc(C)s2)CCCCC1. The minimum absolute atomic E-state index is 0.0100. The molecule has 1 saturated heterocycles. The highest BCUT2D eigenvalue weighted by molar-refractivity contribution is 7.12. The number of thiophene rings is 1. The number of nitrogens with one attached hydrogen (secondary N) is 1. The lowest BCUT2D eigenvalue weighted by atomic mass is 9.79. The number of ether oxygens (including phenoxy) is 1. The molecular formula is C22H34N2O3S. The van der Waals surface area contributed by atoms with Crippen molar-refractivity contribution in [2.75, 3.05) is 13.2 Å². The summed E-state index contributed by atoms with van der Waals surface area (Å²) in [6, 6.07) is 4.45. The first-order valence-corrected chi connectivity index (χ1v) is 11.7. The van der Waals surface area contributed by atoms with E-state index >= 15 is 0 Å². The van der Waals surface area contributed by atoms with Crippen LogP contribution in [0.2, 0.25) is 0 Å². The lowest BCUT2D eigenvalue weighted by Gasteiger charge is -2.40. The molecule has 3 rings (SSSR count). The summed E-state index contributed by atoms with van der Waals surface area (Å²) in [5, 5.41) is 3.32. The first-order chi connectivity index (χ1) is 13.5. The van der Waals surface area contributed by atoms with E-state index in [0.29, 0.717) is 6.61 Å². The van der Waals surface area contributed by atoms with Gasteiger partial charge in [0.15, 0.2) is 0 Å². The number of hydrogen-bond donors (Lipinski definition) is 1. The van der Waals surface area contributed by atoms with E-state index in [1.54, 1.807) is 11.3 Å². The molecule has 0 spiro atoms. The van der Waals surface area contributed by atoms with Crippen molar-refractivity contribution >= 4 is 23.3 Å². The highest BCUT2D eigenvalue weighted by Gasteiger charge is 2.39. The normalized spacial score (nSPS) is 22.4. The number of urea groups is 1. The lowest BCUT2D eigenvalue weighted by Crippen LogP contribution is -2.55. The van der Waals surface area contributed by atoms with Gasteiger partial charge in [-0.2, -0.15) is 0 Å². The van der Waals surface area contributed by atoms with Gasteiger partial charge in [-0.1, -0.05) is 32.1 Å². The molecular weight excluding hydrogens is 372 g/mol. The summed E-state index contributed by atoms with van der Waals surface area (Å²) in [6.45, 7) is 5.11. The number of nitrogens with zero attached hydrogens (tertiary/aromatic N) is 1. The molecule has 1 aliphatic heterocycles. The molecule has 1 saturated carbocycles. The van der Waals surface area contributed by atoms with Gasteiger partial charge < -0.3 is 15.0 Å². The molecule has 1 aromatic rings. The van der Waals surface area contributed by atoms with Gasteiger partial charge in [0.25, 0.3) is 0 Å². The van der Waals surface area contributed by atoms with Crippen molar-refractivity contribution in [1.29, 1.82) is 0 Å². The van der Waals surface area contributed by atoms with Crippen LogP contribution in [0.15, 0.2) is 12.1 Å². The van der Waals surface area contributed by atoms with E-state index in [0.717, 1.165) is 51.5 Å². The average Bonchev–Trinajstić information content (AvgIpc) is 2.94. The van der Waals surface area contributed by atoms with Gasteiger partial charge >= 0.3 is 12.0 Å². The van der Waals surface area contributed by atoms with Gasteiger partial charge in [0.2, 0.25) is 0 Å². The zero-order chi connectivity index (χ0) is 20.0. The Morgan fingerprint density at radius 1 is 1.18 bits per heavy atom. The second-order valence-corrected chi connectivity index (χ2v) is 9.58. The van der Waals surface area contributed by atoms with Gasteiger partial charge in [0.05, 0.1) is 24.6 Å². The number of esters is 1. The molecule has 2 amide bonds. The largest absolute Gasteiger partial charge is 0.466 e. The summed E-state index contributed by atoms with van der Waals surface area (Å²) < 4.78 is 5.21. The molecule has 1 aromatic heterocycles. The van der Waals surface area contributed by atoms with Crippen molar-refractivity contribution in [2.24, 2.45) is 0 Å². The third-order valence-electron chi connectivity index (χ3n) is 6.07. The molecule has 5 nitrogen and oxygen atoms in total. The van der Waals surface area contributed by atoms with Gasteiger partial charge in [-0.15, -0.1) is 11.3 Å². The van der Waals surface area contributed by atoms with Crippen molar-refractivity contribution in [3.63, 3.8) is 0 Å². The zero-order valence-corrected chi connectivity index (χ0v) is 18.1. The minimum Gasteiger partial charge on any atom is -0.466 e. The zero-order valence-electron chi connectivity index (χ0n) is 17.3. The van der Waals surface area contributed by atoms with Crippen LogP contribution in [-0.2, 0) is 9.53 Å².